The number of rotatable bonds is 7. The van der Waals surface area contributed by atoms with Crippen molar-refractivity contribution >= 4 is 35.0 Å². The van der Waals surface area contributed by atoms with Crippen LogP contribution in [-0.2, 0) is 9.59 Å². The van der Waals surface area contributed by atoms with Crippen molar-refractivity contribution in [1.29, 1.82) is 0 Å². The molecule has 0 saturated carbocycles. The molecule has 0 saturated heterocycles. The number of fused-ring (bicyclic) bond motifs is 3. The molecule has 0 unspecified atom stereocenters. The van der Waals surface area contributed by atoms with Crippen molar-refractivity contribution in [2.75, 3.05) is 18.3 Å². The van der Waals surface area contributed by atoms with Gasteiger partial charge in [-0.05, 0) is 29.1 Å². The predicted molar refractivity (Wildman–Crippen MR) is 134 cm³/mol. The first-order valence-electron chi connectivity index (χ1n) is 11.3. The Kier molecular flexibility index (Phi) is 7.25. The van der Waals surface area contributed by atoms with Crippen LogP contribution in [0.2, 0.25) is 0 Å². The lowest BCUT2D eigenvalue weighted by Crippen LogP contribution is -2.61. The van der Waals surface area contributed by atoms with Gasteiger partial charge in [-0.25, -0.2) is 4.90 Å². The van der Waals surface area contributed by atoms with E-state index in [1.54, 1.807) is 44.4 Å². The maximum absolute atomic E-state index is 13.4. The van der Waals surface area contributed by atoms with Crippen molar-refractivity contribution < 1.29 is 28.7 Å². The molecular weight excluding hydrogens is 502 g/mol. The number of ether oxygens (including phenoxy) is 2. The van der Waals surface area contributed by atoms with Gasteiger partial charge in [-0.3, -0.25) is 29.5 Å². The molecule has 1 aromatic heterocycles. The zero-order chi connectivity index (χ0) is 26.9. The molecule has 1 amide bonds. The summed E-state index contributed by atoms with van der Waals surface area (Å²) < 4.78 is 12.1. The van der Waals surface area contributed by atoms with E-state index in [4.69, 9.17) is 9.47 Å². The van der Waals surface area contributed by atoms with Crippen molar-refractivity contribution in [3.63, 3.8) is 0 Å². The summed E-state index contributed by atoms with van der Waals surface area (Å²) in [7, 11) is 1.33. The van der Waals surface area contributed by atoms with Crippen LogP contribution in [0.5, 0.6) is 11.5 Å². The predicted octanol–water partition coefficient (Wildman–Crippen LogP) is 2.98. The van der Waals surface area contributed by atoms with Gasteiger partial charge in [-0.1, -0.05) is 37.7 Å². The van der Waals surface area contributed by atoms with Gasteiger partial charge in [0.15, 0.2) is 0 Å². The van der Waals surface area contributed by atoms with E-state index < -0.39 is 28.3 Å². The van der Waals surface area contributed by atoms with Crippen LogP contribution in [0.15, 0.2) is 46.3 Å². The number of benzene rings is 2. The molecule has 2 heterocycles. The largest absolute Gasteiger partial charge is 0.496 e. The summed E-state index contributed by atoms with van der Waals surface area (Å²) in [5, 5.41) is 16.9. The Morgan fingerprint density at radius 1 is 1.24 bits per heavy atom. The van der Waals surface area contributed by atoms with Gasteiger partial charge in [0.2, 0.25) is 16.8 Å². The van der Waals surface area contributed by atoms with E-state index in [0.29, 0.717) is 11.3 Å². The summed E-state index contributed by atoms with van der Waals surface area (Å²) in [4.78, 5) is 54.6. The van der Waals surface area contributed by atoms with E-state index >= 15 is 0 Å². The number of nitrogens with one attached hydrogen (secondary N) is 1. The van der Waals surface area contributed by atoms with Crippen molar-refractivity contribution in [2.24, 2.45) is 0 Å². The zero-order valence-electron chi connectivity index (χ0n) is 20.5. The van der Waals surface area contributed by atoms with Crippen LogP contribution in [0.25, 0.3) is 11.3 Å². The molecule has 4 rings (SSSR count). The lowest BCUT2D eigenvalue weighted by atomic mass is 9.99. The molecule has 12 nitrogen and oxygen atoms in total. The number of nitro groups is 1. The van der Waals surface area contributed by atoms with E-state index in [-0.39, 0.29) is 46.7 Å². The van der Waals surface area contributed by atoms with Crippen LogP contribution < -0.4 is 24.6 Å². The number of thioether (sulfide) groups is 1. The number of hydrogen-bond acceptors (Lipinski definition) is 9. The third kappa shape index (κ3) is 4.53. The van der Waals surface area contributed by atoms with Crippen LogP contribution >= 0.6 is 11.8 Å². The van der Waals surface area contributed by atoms with Crippen molar-refractivity contribution in [2.45, 2.75) is 38.0 Å². The number of methoxy groups -OCH3 is 1. The minimum absolute atomic E-state index is 0.0496. The number of amides is 1. The number of nitro benzene ring substituents is 1. The Morgan fingerprint density at radius 2 is 1.97 bits per heavy atom. The Balaban J connectivity index is 2.17. The lowest BCUT2D eigenvalue weighted by molar-refractivity contribution is -0.763. The monoisotopic (exact) mass is 526 g/mol. The number of carbonyl (C=O) groups is 2. The number of H-pyrrole nitrogens is 1. The number of aromatic nitrogens is 3. The molecule has 0 fully saturated rings. The van der Waals surface area contributed by atoms with E-state index in [9.17, 15) is 24.5 Å². The SMILES string of the molecule is CCC(=O)Oc1c([C@H]2N(C(=O)CC)c3ccccc3-c3c(=O)[nH]c(SC)n[n+]32)cc(OC)cc1[N+](=O)[O-]. The smallest absolute Gasteiger partial charge is 0.325 e. The van der Waals surface area contributed by atoms with E-state index in [1.165, 1.54) is 34.5 Å². The van der Waals surface area contributed by atoms with Gasteiger partial charge >= 0.3 is 22.9 Å². The van der Waals surface area contributed by atoms with Gasteiger partial charge in [-0.15, -0.1) is 0 Å². The summed E-state index contributed by atoms with van der Waals surface area (Å²) in [5.74, 6) is -1.32. The van der Waals surface area contributed by atoms with Gasteiger partial charge < -0.3 is 9.47 Å². The summed E-state index contributed by atoms with van der Waals surface area (Å²) in [6, 6.07) is 9.38. The molecule has 2 aromatic carbocycles. The van der Waals surface area contributed by atoms with Crippen LogP contribution in [0.3, 0.4) is 0 Å². The Bertz CT molecular complexity index is 1470. The minimum Gasteiger partial charge on any atom is -0.496 e. The summed E-state index contributed by atoms with van der Waals surface area (Å²) in [5.41, 5.74) is 0.0477. The zero-order valence-corrected chi connectivity index (χ0v) is 21.3. The first kappa shape index (κ1) is 25.8. The third-order valence-corrected chi connectivity index (χ3v) is 6.38. The van der Waals surface area contributed by atoms with Crippen molar-refractivity contribution in [3.05, 3.63) is 62.4 Å². The second-order valence-corrected chi connectivity index (χ2v) is 8.71. The molecule has 1 aliphatic heterocycles. The molecule has 13 heteroatoms. The molecule has 1 aliphatic rings. The maximum Gasteiger partial charge on any atom is 0.325 e. The van der Waals surface area contributed by atoms with Crippen LogP contribution in [0, 0.1) is 10.1 Å². The highest BCUT2D eigenvalue weighted by molar-refractivity contribution is 7.98. The summed E-state index contributed by atoms with van der Waals surface area (Å²) >= 11 is 1.17. The van der Waals surface area contributed by atoms with E-state index in [2.05, 4.69) is 10.1 Å². The topological polar surface area (TPSA) is 149 Å². The second-order valence-electron chi connectivity index (χ2n) is 7.91. The van der Waals surface area contributed by atoms with Crippen LogP contribution in [0.4, 0.5) is 11.4 Å². The van der Waals surface area contributed by atoms with Gasteiger partial charge in [0.1, 0.15) is 5.75 Å². The summed E-state index contributed by atoms with van der Waals surface area (Å²) in [6.07, 6.45) is 0.539. The quantitative estimate of drug-likeness (QED) is 0.122. The van der Waals surface area contributed by atoms with Gasteiger partial charge in [0, 0.05) is 17.9 Å². The van der Waals surface area contributed by atoms with Crippen LogP contribution in [0.1, 0.15) is 38.4 Å². The number of anilines is 1. The molecule has 0 bridgehead atoms. The Hall–Kier alpha value is -4.26. The number of para-hydroxylation sites is 1. The third-order valence-electron chi connectivity index (χ3n) is 5.81. The average molecular weight is 527 g/mol. The first-order chi connectivity index (χ1) is 17.7. The number of hydrogen-bond donors (Lipinski definition) is 1. The lowest BCUT2D eigenvalue weighted by Gasteiger charge is -2.32. The number of aromatic amines is 1. The molecule has 3 aromatic rings. The number of esters is 1. The first-order valence-corrected chi connectivity index (χ1v) is 12.6. The Labute approximate surface area is 215 Å². The molecule has 1 atom stereocenters. The average Bonchev–Trinajstić information content (AvgIpc) is 2.91. The molecule has 192 valence electrons. The van der Waals surface area contributed by atoms with Gasteiger partial charge in [0.25, 0.3) is 6.17 Å². The molecular formula is C24H24N5O7S+. The molecule has 1 N–H and O–H groups in total. The van der Waals surface area contributed by atoms with Gasteiger partial charge in [0.05, 0.1) is 34.9 Å². The van der Waals surface area contributed by atoms with Crippen molar-refractivity contribution in [1.82, 2.24) is 10.1 Å². The molecule has 37 heavy (non-hydrogen) atoms. The normalized spacial score (nSPS) is 13.9. The number of nitrogens with zero attached hydrogens (tertiary/aromatic N) is 4. The van der Waals surface area contributed by atoms with Crippen molar-refractivity contribution in [3.8, 4) is 22.8 Å². The fraction of sp³-hybridized carbons (Fsp3) is 0.292. The van der Waals surface area contributed by atoms with E-state index in [0.717, 1.165) is 6.07 Å². The highest BCUT2D eigenvalue weighted by Gasteiger charge is 2.48. The van der Waals surface area contributed by atoms with Gasteiger partial charge in [-0.2, -0.15) is 0 Å². The highest BCUT2D eigenvalue weighted by Crippen LogP contribution is 2.44. The summed E-state index contributed by atoms with van der Waals surface area (Å²) in [6.45, 7) is 3.23. The number of carbonyl (C=O) groups excluding carboxylic acids is 2. The molecule has 0 spiro atoms. The fourth-order valence-corrected chi connectivity index (χ4v) is 4.50. The highest BCUT2D eigenvalue weighted by atomic mass is 32.2. The van der Waals surface area contributed by atoms with Crippen LogP contribution in [-0.4, -0.2) is 40.2 Å². The van der Waals surface area contributed by atoms with E-state index in [1.807, 2.05) is 0 Å². The fourth-order valence-electron chi connectivity index (χ4n) is 4.14. The second kappa shape index (κ2) is 10.4. The minimum atomic E-state index is -1.21. The molecule has 0 radical (unpaired) electrons. The Morgan fingerprint density at radius 3 is 2.59 bits per heavy atom. The molecule has 0 aliphatic carbocycles. The maximum atomic E-state index is 13.4. The standard InChI is InChI=1S/C24H23N5O7S/c1-5-18(30)27-16-10-8-7-9-14(16)20-22(32)25-24(37-4)26-28(20)23(27)15-11-13(35-3)12-17(29(33)34)21(15)36-19(31)6-2/h7-12,23H,5-6H2,1-4H3/p+1/t23-/m0/s1.